The SMILES string of the molecule is CCNC(=O)CCS(=O)(=O)C(C)CCN. The van der Waals surface area contributed by atoms with Crippen LogP contribution in [0.25, 0.3) is 0 Å². The molecule has 0 heterocycles. The molecule has 1 atom stereocenters. The summed E-state index contributed by atoms with van der Waals surface area (Å²) in [6.45, 7) is 4.29. The predicted molar refractivity (Wildman–Crippen MR) is 60.2 cm³/mol. The zero-order valence-corrected chi connectivity index (χ0v) is 10.1. The fourth-order valence-corrected chi connectivity index (χ4v) is 2.50. The van der Waals surface area contributed by atoms with Crippen LogP contribution in [0, 0.1) is 0 Å². The van der Waals surface area contributed by atoms with Crippen LogP contribution in [0.4, 0.5) is 0 Å². The van der Waals surface area contributed by atoms with Gasteiger partial charge in [0.25, 0.3) is 0 Å². The largest absolute Gasteiger partial charge is 0.356 e. The number of sulfone groups is 1. The number of carbonyl (C=O) groups is 1. The molecule has 90 valence electrons. The summed E-state index contributed by atoms with van der Waals surface area (Å²) in [7, 11) is -3.18. The van der Waals surface area contributed by atoms with Gasteiger partial charge in [0, 0.05) is 13.0 Å². The Kier molecular flexibility index (Phi) is 6.51. The minimum Gasteiger partial charge on any atom is -0.356 e. The first-order chi connectivity index (χ1) is 6.94. The maximum Gasteiger partial charge on any atom is 0.221 e. The summed E-state index contributed by atoms with van der Waals surface area (Å²) in [5.74, 6) is -0.318. The fourth-order valence-electron chi connectivity index (χ4n) is 1.14. The standard InChI is InChI=1S/C9H20N2O3S/c1-3-11-9(12)5-7-15(13,14)8(2)4-6-10/h8H,3-7,10H2,1-2H3,(H,11,12). The van der Waals surface area contributed by atoms with Crippen molar-refractivity contribution in [3.63, 3.8) is 0 Å². The summed E-state index contributed by atoms with van der Waals surface area (Å²) in [6, 6.07) is 0. The van der Waals surface area contributed by atoms with Crippen LogP contribution >= 0.6 is 0 Å². The number of rotatable bonds is 7. The Bertz CT molecular complexity index is 288. The van der Waals surface area contributed by atoms with Gasteiger partial charge in [0.1, 0.15) is 0 Å². The minimum absolute atomic E-state index is 0.0328. The molecule has 0 aromatic carbocycles. The van der Waals surface area contributed by atoms with Crippen molar-refractivity contribution >= 4 is 15.7 Å². The van der Waals surface area contributed by atoms with Crippen molar-refractivity contribution in [3.05, 3.63) is 0 Å². The average Bonchev–Trinajstić information content (AvgIpc) is 2.16. The van der Waals surface area contributed by atoms with E-state index in [-0.39, 0.29) is 18.1 Å². The molecule has 0 fully saturated rings. The van der Waals surface area contributed by atoms with Crippen LogP contribution in [0.3, 0.4) is 0 Å². The van der Waals surface area contributed by atoms with Crippen LogP contribution in [-0.2, 0) is 14.6 Å². The fraction of sp³-hybridized carbons (Fsp3) is 0.889. The van der Waals surface area contributed by atoms with Crippen LogP contribution in [0.15, 0.2) is 0 Å². The van der Waals surface area contributed by atoms with E-state index in [0.717, 1.165) is 0 Å². The molecule has 3 N–H and O–H groups in total. The van der Waals surface area contributed by atoms with Gasteiger partial charge in [0.05, 0.1) is 11.0 Å². The maximum atomic E-state index is 11.6. The van der Waals surface area contributed by atoms with Crippen LogP contribution in [-0.4, -0.2) is 38.4 Å². The van der Waals surface area contributed by atoms with Gasteiger partial charge < -0.3 is 11.1 Å². The summed E-state index contributed by atoms with van der Waals surface area (Å²) in [5, 5.41) is 2.10. The van der Waals surface area contributed by atoms with E-state index in [9.17, 15) is 13.2 Å². The lowest BCUT2D eigenvalue weighted by atomic mass is 10.3. The molecule has 0 saturated carbocycles. The third-order valence-electron chi connectivity index (χ3n) is 2.17. The lowest BCUT2D eigenvalue weighted by molar-refractivity contribution is -0.120. The Labute approximate surface area is 91.3 Å². The van der Waals surface area contributed by atoms with Gasteiger partial charge in [-0.3, -0.25) is 4.79 Å². The Balaban J connectivity index is 4.10. The van der Waals surface area contributed by atoms with Crippen molar-refractivity contribution in [1.29, 1.82) is 0 Å². The maximum absolute atomic E-state index is 11.6. The summed E-state index contributed by atoms with van der Waals surface area (Å²) >= 11 is 0. The molecular weight excluding hydrogens is 216 g/mol. The van der Waals surface area contributed by atoms with E-state index in [1.54, 1.807) is 13.8 Å². The Morgan fingerprint density at radius 2 is 2.07 bits per heavy atom. The van der Waals surface area contributed by atoms with Gasteiger partial charge in [-0.25, -0.2) is 8.42 Å². The molecule has 1 unspecified atom stereocenters. The van der Waals surface area contributed by atoms with Crippen molar-refractivity contribution in [2.24, 2.45) is 5.73 Å². The third-order valence-corrected chi connectivity index (χ3v) is 4.41. The quantitative estimate of drug-likeness (QED) is 0.633. The van der Waals surface area contributed by atoms with Crippen molar-refractivity contribution in [3.8, 4) is 0 Å². The zero-order valence-electron chi connectivity index (χ0n) is 9.32. The van der Waals surface area contributed by atoms with E-state index in [1.165, 1.54) is 0 Å². The highest BCUT2D eigenvalue weighted by atomic mass is 32.2. The van der Waals surface area contributed by atoms with Crippen LogP contribution < -0.4 is 11.1 Å². The zero-order chi connectivity index (χ0) is 11.9. The number of nitrogens with two attached hydrogens (primary N) is 1. The topological polar surface area (TPSA) is 89.3 Å². The monoisotopic (exact) mass is 236 g/mol. The molecule has 5 nitrogen and oxygen atoms in total. The second kappa shape index (κ2) is 6.79. The highest BCUT2D eigenvalue weighted by Crippen LogP contribution is 2.06. The van der Waals surface area contributed by atoms with Gasteiger partial charge in [-0.05, 0) is 26.8 Å². The molecule has 6 heteroatoms. The molecule has 0 spiro atoms. The number of carbonyl (C=O) groups excluding carboxylic acids is 1. The second-order valence-corrected chi connectivity index (χ2v) is 6.00. The Morgan fingerprint density at radius 1 is 1.47 bits per heavy atom. The molecule has 15 heavy (non-hydrogen) atoms. The van der Waals surface area contributed by atoms with Gasteiger partial charge in [0.15, 0.2) is 9.84 Å². The van der Waals surface area contributed by atoms with Gasteiger partial charge in [-0.2, -0.15) is 0 Å². The molecule has 0 aromatic rings. The van der Waals surface area contributed by atoms with Crippen molar-refractivity contribution < 1.29 is 13.2 Å². The third kappa shape index (κ3) is 5.74. The molecule has 0 aliphatic heterocycles. The summed E-state index contributed by atoms with van der Waals surface area (Å²) in [4.78, 5) is 11.1. The molecular formula is C9H20N2O3S. The summed E-state index contributed by atoms with van der Waals surface area (Å²) in [6.07, 6.45) is 0.475. The Hall–Kier alpha value is -0.620. The molecule has 0 saturated heterocycles. The highest BCUT2D eigenvalue weighted by molar-refractivity contribution is 7.92. The first-order valence-corrected chi connectivity index (χ1v) is 6.84. The molecule has 0 bridgehead atoms. The summed E-state index contributed by atoms with van der Waals surface area (Å²) < 4.78 is 23.2. The van der Waals surface area contributed by atoms with E-state index in [4.69, 9.17) is 5.73 Å². The first-order valence-electron chi connectivity index (χ1n) is 5.12. The van der Waals surface area contributed by atoms with E-state index in [1.807, 2.05) is 0 Å². The van der Waals surface area contributed by atoms with Crippen LogP contribution in [0.2, 0.25) is 0 Å². The summed E-state index contributed by atoms with van der Waals surface area (Å²) in [5.41, 5.74) is 5.29. The van der Waals surface area contributed by atoms with E-state index in [0.29, 0.717) is 19.5 Å². The molecule has 1 amide bonds. The van der Waals surface area contributed by atoms with Crippen LogP contribution in [0.1, 0.15) is 26.7 Å². The van der Waals surface area contributed by atoms with E-state index >= 15 is 0 Å². The lowest BCUT2D eigenvalue weighted by Crippen LogP contribution is -2.29. The molecule has 0 rings (SSSR count). The van der Waals surface area contributed by atoms with Crippen LogP contribution in [0.5, 0.6) is 0 Å². The number of hydrogen-bond acceptors (Lipinski definition) is 4. The molecule has 0 aromatic heterocycles. The van der Waals surface area contributed by atoms with Crippen molar-refractivity contribution in [1.82, 2.24) is 5.32 Å². The number of amides is 1. The number of nitrogens with one attached hydrogen (secondary N) is 1. The molecule has 0 aliphatic rings. The normalized spacial score (nSPS) is 13.5. The average molecular weight is 236 g/mol. The van der Waals surface area contributed by atoms with E-state index in [2.05, 4.69) is 5.32 Å². The van der Waals surface area contributed by atoms with Gasteiger partial charge in [-0.1, -0.05) is 0 Å². The molecule has 0 radical (unpaired) electrons. The van der Waals surface area contributed by atoms with E-state index < -0.39 is 15.1 Å². The van der Waals surface area contributed by atoms with Gasteiger partial charge in [0.2, 0.25) is 5.91 Å². The number of hydrogen-bond donors (Lipinski definition) is 2. The van der Waals surface area contributed by atoms with Crippen molar-refractivity contribution in [2.75, 3.05) is 18.8 Å². The smallest absolute Gasteiger partial charge is 0.221 e. The lowest BCUT2D eigenvalue weighted by Gasteiger charge is -2.11. The Morgan fingerprint density at radius 3 is 2.53 bits per heavy atom. The van der Waals surface area contributed by atoms with Gasteiger partial charge in [-0.15, -0.1) is 0 Å². The van der Waals surface area contributed by atoms with Gasteiger partial charge >= 0.3 is 0 Å². The predicted octanol–water partition coefficient (Wildman–Crippen LogP) is -0.335. The minimum atomic E-state index is -3.18. The molecule has 0 aliphatic carbocycles. The highest BCUT2D eigenvalue weighted by Gasteiger charge is 2.20. The first kappa shape index (κ1) is 14.4. The van der Waals surface area contributed by atoms with Crippen molar-refractivity contribution in [2.45, 2.75) is 31.9 Å². The second-order valence-electron chi connectivity index (χ2n) is 3.46.